The number of hydrogen-bond acceptors (Lipinski definition) is 7. The summed E-state index contributed by atoms with van der Waals surface area (Å²) in [5.41, 5.74) is 2.69. The van der Waals surface area contributed by atoms with Crippen molar-refractivity contribution >= 4 is 57.3 Å². The van der Waals surface area contributed by atoms with Crippen LogP contribution in [0.3, 0.4) is 0 Å². The van der Waals surface area contributed by atoms with Crippen LogP contribution in [-0.2, 0) is 11.2 Å². The van der Waals surface area contributed by atoms with Gasteiger partial charge < -0.3 is 10.1 Å². The number of halogens is 2. The van der Waals surface area contributed by atoms with Crippen LogP contribution in [0, 0.1) is 0 Å². The molecule has 192 valence electrons. The molecule has 38 heavy (non-hydrogen) atoms. The fraction of sp³-hybridized carbons (Fsp3) is 0.111. The van der Waals surface area contributed by atoms with Crippen LogP contribution in [0.5, 0.6) is 5.75 Å². The molecule has 0 aliphatic heterocycles. The topological polar surface area (TPSA) is 81.9 Å². The molecule has 1 amide bonds. The first-order valence-electron chi connectivity index (χ1n) is 11.5. The van der Waals surface area contributed by atoms with Crippen LogP contribution in [0.15, 0.2) is 84.1 Å². The number of rotatable bonds is 9. The molecule has 0 fully saturated rings. The summed E-state index contributed by atoms with van der Waals surface area (Å²) in [6.07, 6.45) is 2.31. The molecular weight excluding hydrogens is 561 g/mol. The molecule has 11 heteroatoms. The van der Waals surface area contributed by atoms with E-state index in [-0.39, 0.29) is 11.7 Å². The molecular formula is C27H21Cl2N5O2S2. The van der Waals surface area contributed by atoms with Crippen molar-refractivity contribution in [3.05, 3.63) is 99.5 Å². The lowest BCUT2D eigenvalue weighted by molar-refractivity contribution is -0.113. The molecule has 0 aliphatic carbocycles. The molecule has 0 aliphatic rings. The normalized spacial score (nSPS) is 10.9. The van der Waals surface area contributed by atoms with Crippen LogP contribution >= 0.6 is 46.3 Å². The van der Waals surface area contributed by atoms with Crippen molar-refractivity contribution in [2.24, 2.45) is 0 Å². The number of carbonyl (C=O) groups excluding carboxylic acids is 1. The number of amides is 1. The zero-order chi connectivity index (χ0) is 26.5. The number of methoxy groups -OCH3 is 1. The molecule has 0 spiro atoms. The highest BCUT2D eigenvalue weighted by Crippen LogP contribution is 2.30. The van der Waals surface area contributed by atoms with Crippen LogP contribution in [0.4, 0.5) is 5.13 Å². The Morgan fingerprint density at radius 2 is 1.84 bits per heavy atom. The van der Waals surface area contributed by atoms with E-state index in [9.17, 15) is 4.79 Å². The predicted octanol–water partition coefficient (Wildman–Crippen LogP) is 7.03. The van der Waals surface area contributed by atoms with E-state index in [4.69, 9.17) is 27.9 Å². The summed E-state index contributed by atoms with van der Waals surface area (Å²) in [7, 11) is 1.63. The average Bonchev–Trinajstić information content (AvgIpc) is 3.57. The van der Waals surface area contributed by atoms with Crippen LogP contribution in [0.1, 0.15) is 10.4 Å². The van der Waals surface area contributed by atoms with Crippen LogP contribution in [-0.4, -0.2) is 38.5 Å². The molecule has 0 unspecified atom stereocenters. The van der Waals surface area contributed by atoms with Crippen molar-refractivity contribution in [1.82, 2.24) is 19.7 Å². The van der Waals surface area contributed by atoms with Gasteiger partial charge in [-0.25, -0.2) is 4.98 Å². The predicted molar refractivity (Wildman–Crippen MR) is 154 cm³/mol. The summed E-state index contributed by atoms with van der Waals surface area (Å²) in [6, 6.07) is 22.8. The van der Waals surface area contributed by atoms with Gasteiger partial charge in [-0.15, -0.1) is 21.5 Å². The highest BCUT2D eigenvalue weighted by atomic mass is 35.5. The summed E-state index contributed by atoms with van der Waals surface area (Å²) in [6.45, 7) is 0. The number of thioether (sulfide) groups is 1. The maximum atomic E-state index is 12.8. The lowest BCUT2D eigenvalue weighted by atomic mass is 10.1. The average molecular weight is 583 g/mol. The van der Waals surface area contributed by atoms with Crippen LogP contribution < -0.4 is 10.1 Å². The molecule has 2 aromatic heterocycles. The number of nitrogens with zero attached hydrogens (tertiary/aromatic N) is 4. The van der Waals surface area contributed by atoms with Crippen molar-refractivity contribution in [2.45, 2.75) is 11.6 Å². The van der Waals surface area contributed by atoms with Gasteiger partial charge in [-0.1, -0.05) is 53.2 Å². The summed E-state index contributed by atoms with van der Waals surface area (Å²) in [5, 5.41) is 14.1. The molecule has 1 N–H and O–H groups in total. The molecule has 0 bridgehead atoms. The van der Waals surface area contributed by atoms with Gasteiger partial charge in [0, 0.05) is 38.8 Å². The minimum atomic E-state index is -0.190. The van der Waals surface area contributed by atoms with Crippen LogP contribution in [0.25, 0.3) is 17.1 Å². The van der Waals surface area contributed by atoms with Gasteiger partial charge in [-0.2, -0.15) is 0 Å². The number of hydrogen-bond donors (Lipinski definition) is 1. The number of carbonyl (C=O) groups is 1. The quantitative estimate of drug-likeness (QED) is 0.188. The first kappa shape index (κ1) is 26.2. The van der Waals surface area contributed by atoms with Gasteiger partial charge in [-0.05, 0) is 60.2 Å². The Labute approximate surface area is 237 Å². The van der Waals surface area contributed by atoms with Gasteiger partial charge in [0.05, 0.1) is 12.9 Å². The number of thiazole rings is 1. The van der Waals surface area contributed by atoms with Crippen LogP contribution in [0.2, 0.25) is 10.0 Å². The smallest absolute Gasteiger partial charge is 0.236 e. The van der Waals surface area contributed by atoms with E-state index in [2.05, 4.69) is 20.5 Å². The second kappa shape index (κ2) is 12.0. The van der Waals surface area contributed by atoms with Crippen molar-refractivity contribution in [3.63, 3.8) is 0 Å². The standard InChI is InChI=1S/C27H21Cl2N5O2S2/c1-36-21-10-7-17(8-11-21)25-32-33-27(34(25)20-5-3-2-4-6-20)37-16-24(35)31-26-30-15-22(38-26)14-18-13-19(28)9-12-23(18)29/h2-13,15H,14,16H2,1H3,(H,30,31,35). The fourth-order valence-electron chi connectivity index (χ4n) is 3.70. The number of nitrogens with one attached hydrogen (secondary N) is 1. The van der Waals surface area contributed by atoms with Gasteiger partial charge in [0.1, 0.15) is 5.75 Å². The monoisotopic (exact) mass is 581 g/mol. The Kier molecular flexibility index (Phi) is 8.29. The number of ether oxygens (including phenoxy) is 1. The molecule has 2 heterocycles. The number of para-hydroxylation sites is 1. The van der Waals surface area contributed by atoms with E-state index >= 15 is 0 Å². The Balaban J connectivity index is 1.29. The molecule has 7 nitrogen and oxygen atoms in total. The molecule has 3 aromatic carbocycles. The van der Waals surface area contributed by atoms with Crippen molar-refractivity contribution in [1.29, 1.82) is 0 Å². The van der Waals surface area contributed by atoms with Crippen molar-refractivity contribution in [3.8, 4) is 22.8 Å². The van der Waals surface area contributed by atoms with Crippen molar-refractivity contribution < 1.29 is 9.53 Å². The lowest BCUT2D eigenvalue weighted by Gasteiger charge is -2.10. The van der Waals surface area contributed by atoms with Gasteiger partial charge in [-0.3, -0.25) is 9.36 Å². The van der Waals surface area contributed by atoms with Crippen molar-refractivity contribution in [2.75, 3.05) is 18.2 Å². The lowest BCUT2D eigenvalue weighted by Crippen LogP contribution is -2.14. The molecule has 0 radical (unpaired) electrons. The number of aromatic nitrogens is 4. The maximum absolute atomic E-state index is 12.8. The SMILES string of the molecule is COc1ccc(-c2nnc(SCC(=O)Nc3ncc(Cc4cc(Cl)ccc4Cl)s3)n2-c2ccccc2)cc1. The van der Waals surface area contributed by atoms with Gasteiger partial charge in [0.2, 0.25) is 5.91 Å². The summed E-state index contributed by atoms with van der Waals surface area (Å²) in [5.74, 6) is 1.38. The first-order valence-corrected chi connectivity index (χ1v) is 14.0. The minimum Gasteiger partial charge on any atom is -0.497 e. The summed E-state index contributed by atoms with van der Waals surface area (Å²) >= 11 is 15.1. The van der Waals surface area contributed by atoms with E-state index in [0.717, 1.165) is 27.4 Å². The molecule has 0 saturated heterocycles. The number of benzene rings is 3. The first-order chi connectivity index (χ1) is 18.5. The third-order valence-corrected chi connectivity index (χ3v) is 7.95. The van der Waals surface area contributed by atoms with E-state index in [1.165, 1.54) is 23.1 Å². The minimum absolute atomic E-state index is 0.141. The fourth-order valence-corrected chi connectivity index (χ4v) is 5.68. The summed E-state index contributed by atoms with van der Waals surface area (Å²) in [4.78, 5) is 18.1. The zero-order valence-electron chi connectivity index (χ0n) is 20.1. The second-order valence-corrected chi connectivity index (χ2v) is 11.0. The molecule has 0 atom stereocenters. The maximum Gasteiger partial charge on any atom is 0.236 e. The summed E-state index contributed by atoms with van der Waals surface area (Å²) < 4.78 is 7.21. The largest absolute Gasteiger partial charge is 0.497 e. The van der Waals surface area contributed by atoms with E-state index < -0.39 is 0 Å². The van der Waals surface area contributed by atoms with E-state index in [1.54, 1.807) is 25.4 Å². The molecule has 5 aromatic rings. The molecule has 0 saturated carbocycles. The third kappa shape index (κ3) is 6.19. The Bertz CT molecular complexity index is 1560. The van der Waals surface area contributed by atoms with Gasteiger partial charge >= 0.3 is 0 Å². The zero-order valence-corrected chi connectivity index (χ0v) is 23.2. The third-order valence-electron chi connectivity index (χ3n) is 5.50. The molecule has 5 rings (SSSR count). The highest BCUT2D eigenvalue weighted by Gasteiger charge is 2.18. The van der Waals surface area contributed by atoms with Gasteiger partial charge in [0.15, 0.2) is 16.1 Å². The van der Waals surface area contributed by atoms with E-state index in [1.807, 2.05) is 65.2 Å². The number of anilines is 1. The second-order valence-electron chi connectivity index (χ2n) is 8.09. The van der Waals surface area contributed by atoms with E-state index in [0.29, 0.717) is 32.6 Å². The Morgan fingerprint density at radius 1 is 1.05 bits per heavy atom. The van der Waals surface area contributed by atoms with Gasteiger partial charge in [0.25, 0.3) is 0 Å². The Morgan fingerprint density at radius 3 is 2.61 bits per heavy atom. The Hall–Kier alpha value is -3.37. The highest BCUT2D eigenvalue weighted by molar-refractivity contribution is 7.99.